The number of amides is 2. The van der Waals surface area contributed by atoms with Crippen LogP contribution in [0.3, 0.4) is 0 Å². The van der Waals surface area contributed by atoms with Crippen LogP contribution in [-0.2, 0) is 10.3 Å². The van der Waals surface area contributed by atoms with Gasteiger partial charge in [0.25, 0.3) is 0 Å². The average Bonchev–Trinajstić information content (AvgIpc) is 2.88. The monoisotopic (exact) mass is 459 g/mol. The summed E-state index contributed by atoms with van der Waals surface area (Å²) in [5, 5.41) is 9.38. The van der Waals surface area contributed by atoms with Gasteiger partial charge in [0.1, 0.15) is 5.60 Å². The summed E-state index contributed by atoms with van der Waals surface area (Å²) in [5.74, 6) is -0.510. The van der Waals surface area contributed by atoms with Crippen molar-refractivity contribution in [2.75, 3.05) is 13.2 Å². The zero-order valence-corrected chi connectivity index (χ0v) is 19.2. The maximum Gasteiger partial charge on any atom is 0.411 e. The van der Waals surface area contributed by atoms with Crippen LogP contribution in [0.15, 0.2) is 72.9 Å². The molecule has 1 aliphatic heterocycles. The lowest BCUT2D eigenvalue weighted by atomic mass is 9.84. The molecule has 1 fully saturated rings. The van der Waals surface area contributed by atoms with Crippen LogP contribution >= 0.6 is 0 Å². The summed E-state index contributed by atoms with van der Waals surface area (Å²) in [7, 11) is 0. The third-order valence-electron chi connectivity index (χ3n) is 6.52. The van der Waals surface area contributed by atoms with Crippen LogP contribution in [0.1, 0.15) is 53.7 Å². The van der Waals surface area contributed by atoms with Crippen LogP contribution < -0.4 is 5.73 Å². The van der Waals surface area contributed by atoms with Crippen LogP contribution in [-0.4, -0.2) is 40.1 Å². The molecule has 3 aromatic rings. The Morgan fingerprint density at radius 2 is 1.88 bits per heavy atom. The minimum Gasteiger partial charge on any atom is -0.438 e. The van der Waals surface area contributed by atoms with Crippen LogP contribution in [0.4, 0.5) is 4.79 Å². The molecule has 1 unspecified atom stereocenters. The van der Waals surface area contributed by atoms with Crippen molar-refractivity contribution in [3.63, 3.8) is 0 Å². The lowest BCUT2D eigenvalue weighted by Gasteiger charge is -2.43. The van der Waals surface area contributed by atoms with Gasteiger partial charge < -0.3 is 20.5 Å². The van der Waals surface area contributed by atoms with E-state index in [9.17, 15) is 14.7 Å². The molecule has 4 rings (SSSR count). The highest BCUT2D eigenvalue weighted by Crippen LogP contribution is 2.40. The Morgan fingerprint density at radius 1 is 1.15 bits per heavy atom. The van der Waals surface area contributed by atoms with Crippen molar-refractivity contribution in [1.82, 2.24) is 9.88 Å². The third kappa shape index (κ3) is 4.79. The number of carbonyl (C=O) groups is 2. The maximum absolute atomic E-state index is 13.1. The predicted molar refractivity (Wildman–Crippen MR) is 129 cm³/mol. The summed E-state index contributed by atoms with van der Waals surface area (Å²) in [4.78, 5) is 30.4. The zero-order chi connectivity index (χ0) is 24.1. The summed E-state index contributed by atoms with van der Waals surface area (Å²) < 4.78 is 6.07. The number of hydrogen-bond donors (Lipinski definition) is 2. The van der Waals surface area contributed by atoms with Crippen molar-refractivity contribution in [3.8, 4) is 11.3 Å². The summed E-state index contributed by atoms with van der Waals surface area (Å²) in [6.45, 7) is 2.59. The smallest absolute Gasteiger partial charge is 0.411 e. The number of benzene rings is 2. The van der Waals surface area contributed by atoms with E-state index in [0.29, 0.717) is 31.4 Å². The fourth-order valence-corrected chi connectivity index (χ4v) is 4.47. The second-order valence-electron chi connectivity index (χ2n) is 8.59. The first-order chi connectivity index (χ1) is 16.4. The number of carbonyl (C=O) groups excluding carboxylic acids is 2. The van der Waals surface area contributed by atoms with E-state index in [2.05, 4.69) is 4.98 Å². The fourth-order valence-electron chi connectivity index (χ4n) is 4.47. The van der Waals surface area contributed by atoms with Gasteiger partial charge in [0.2, 0.25) is 5.91 Å². The number of aromatic nitrogens is 1. The van der Waals surface area contributed by atoms with Crippen molar-refractivity contribution in [1.29, 1.82) is 0 Å². The Kier molecular flexibility index (Phi) is 6.93. The quantitative estimate of drug-likeness (QED) is 0.519. The molecule has 1 aliphatic rings. The van der Waals surface area contributed by atoms with Gasteiger partial charge in [-0.3, -0.25) is 9.78 Å². The van der Waals surface area contributed by atoms with E-state index in [0.717, 1.165) is 22.4 Å². The van der Waals surface area contributed by atoms with Crippen LogP contribution in [0.25, 0.3) is 11.3 Å². The van der Waals surface area contributed by atoms with Gasteiger partial charge in [-0.05, 0) is 43.0 Å². The van der Waals surface area contributed by atoms with Crippen molar-refractivity contribution in [3.05, 3.63) is 89.6 Å². The number of ether oxygens (including phenoxy) is 1. The molecule has 176 valence electrons. The lowest BCUT2D eigenvalue weighted by Crippen LogP contribution is -2.48. The molecule has 0 saturated carbocycles. The molecule has 2 heterocycles. The van der Waals surface area contributed by atoms with E-state index in [4.69, 9.17) is 10.5 Å². The summed E-state index contributed by atoms with van der Waals surface area (Å²) in [6, 6.07) is 20.9. The minimum atomic E-state index is -0.718. The summed E-state index contributed by atoms with van der Waals surface area (Å²) in [6.07, 6.45) is 2.91. The SMILES string of the molecule is C[C@@H](c1ccc(-c2ccc(C(N)=O)cn2)cc1)N1CCC(CCCO)(c2ccccc2)OC1=O. The third-order valence-corrected chi connectivity index (χ3v) is 6.52. The van der Waals surface area contributed by atoms with E-state index >= 15 is 0 Å². The van der Waals surface area contributed by atoms with Gasteiger partial charge in [-0.2, -0.15) is 0 Å². The second-order valence-corrected chi connectivity index (χ2v) is 8.59. The van der Waals surface area contributed by atoms with Crippen LogP contribution in [0.2, 0.25) is 0 Å². The Labute approximate surface area is 199 Å². The Hall–Kier alpha value is -3.71. The first-order valence-corrected chi connectivity index (χ1v) is 11.5. The van der Waals surface area contributed by atoms with E-state index in [1.54, 1.807) is 17.0 Å². The zero-order valence-electron chi connectivity index (χ0n) is 19.2. The number of nitrogens with two attached hydrogens (primary N) is 1. The lowest BCUT2D eigenvalue weighted by molar-refractivity contribution is -0.0680. The Balaban J connectivity index is 1.49. The number of cyclic esters (lactones) is 1. The van der Waals surface area contributed by atoms with Crippen molar-refractivity contribution in [2.24, 2.45) is 5.73 Å². The highest BCUT2D eigenvalue weighted by atomic mass is 16.6. The maximum atomic E-state index is 13.1. The van der Waals surface area contributed by atoms with Crippen LogP contribution in [0.5, 0.6) is 0 Å². The highest BCUT2D eigenvalue weighted by Gasteiger charge is 2.43. The number of primary amides is 1. The summed E-state index contributed by atoms with van der Waals surface area (Å²) >= 11 is 0. The topological polar surface area (TPSA) is 106 Å². The molecule has 2 amide bonds. The molecule has 7 heteroatoms. The van der Waals surface area contributed by atoms with E-state index < -0.39 is 11.5 Å². The molecule has 0 aliphatic carbocycles. The molecule has 34 heavy (non-hydrogen) atoms. The highest BCUT2D eigenvalue weighted by molar-refractivity contribution is 5.92. The largest absolute Gasteiger partial charge is 0.438 e. The van der Waals surface area contributed by atoms with Crippen molar-refractivity contribution in [2.45, 2.75) is 37.8 Å². The van der Waals surface area contributed by atoms with Crippen molar-refractivity contribution >= 4 is 12.0 Å². The molecular formula is C27H29N3O4. The summed E-state index contributed by atoms with van der Waals surface area (Å²) in [5.41, 5.74) is 8.51. The van der Waals surface area contributed by atoms with Gasteiger partial charge in [-0.25, -0.2) is 4.79 Å². The average molecular weight is 460 g/mol. The molecule has 0 bridgehead atoms. The molecule has 1 aromatic heterocycles. The van der Waals surface area contributed by atoms with E-state index in [1.807, 2.05) is 61.5 Å². The second kappa shape index (κ2) is 10.1. The first-order valence-electron chi connectivity index (χ1n) is 11.5. The molecule has 2 atom stereocenters. The first kappa shape index (κ1) is 23.4. The van der Waals surface area contributed by atoms with Crippen LogP contribution in [0, 0.1) is 0 Å². The molecule has 1 saturated heterocycles. The van der Waals surface area contributed by atoms with Crippen molar-refractivity contribution < 1.29 is 19.4 Å². The normalized spacial score (nSPS) is 18.9. The number of aliphatic hydroxyl groups is 1. The number of rotatable bonds is 8. The number of pyridine rings is 1. The molecule has 7 nitrogen and oxygen atoms in total. The molecule has 3 N–H and O–H groups in total. The van der Waals surface area contributed by atoms with Gasteiger partial charge in [-0.1, -0.05) is 54.6 Å². The number of hydrogen-bond acceptors (Lipinski definition) is 5. The van der Waals surface area contributed by atoms with Gasteiger partial charge in [0.05, 0.1) is 17.3 Å². The Bertz CT molecular complexity index is 1130. The molecule has 0 radical (unpaired) electrons. The number of aliphatic hydroxyl groups excluding tert-OH is 1. The fraction of sp³-hybridized carbons (Fsp3) is 0.296. The predicted octanol–water partition coefficient (Wildman–Crippen LogP) is 4.42. The molecule has 0 spiro atoms. The minimum absolute atomic E-state index is 0.0543. The van der Waals surface area contributed by atoms with Gasteiger partial charge in [-0.15, -0.1) is 0 Å². The van der Waals surface area contributed by atoms with E-state index in [-0.39, 0.29) is 18.7 Å². The van der Waals surface area contributed by atoms with Gasteiger partial charge in [0, 0.05) is 31.3 Å². The van der Waals surface area contributed by atoms with E-state index in [1.165, 1.54) is 6.20 Å². The molecular weight excluding hydrogens is 430 g/mol. The van der Waals surface area contributed by atoms with Gasteiger partial charge in [0.15, 0.2) is 0 Å². The standard InChI is InChI=1S/C27H29N3O4/c1-19(20-8-10-21(11-9-20)24-13-12-22(18-29-24)25(28)32)30-16-15-27(14-5-17-31,34-26(30)33)23-6-3-2-4-7-23/h2-4,6-13,18-19,31H,5,14-17H2,1H3,(H2,28,32)/t19-,27?/m0/s1. The Morgan fingerprint density at radius 3 is 2.47 bits per heavy atom. The number of nitrogens with zero attached hydrogens (tertiary/aromatic N) is 2. The molecule has 2 aromatic carbocycles. The van der Waals surface area contributed by atoms with Gasteiger partial charge >= 0.3 is 6.09 Å².